The molecule has 1 aromatic rings. The molecule has 0 bridgehead atoms. The van der Waals surface area contributed by atoms with Crippen molar-refractivity contribution in [1.82, 2.24) is 10.6 Å². The fourth-order valence-electron chi connectivity index (χ4n) is 1.78. The SMILES string of the molecule is N#Cc1ccc(O)c([C@@H]2CNCCN2)c1. The van der Waals surface area contributed by atoms with Crippen LogP contribution < -0.4 is 10.6 Å². The Kier molecular flexibility index (Phi) is 2.86. The first-order valence-electron chi connectivity index (χ1n) is 4.98. The molecule has 0 spiro atoms. The summed E-state index contributed by atoms with van der Waals surface area (Å²) in [5, 5.41) is 25.0. The van der Waals surface area contributed by atoms with Crippen molar-refractivity contribution >= 4 is 0 Å². The standard InChI is InChI=1S/C11H13N3O/c12-6-8-1-2-11(15)9(5-8)10-7-13-3-4-14-10/h1-2,5,10,13-15H,3-4,7H2/t10-/m0/s1. The fourth-order valence-corrected chi connectivity index (χ4v) is 1.78. The topological polar surface area (TPSA) is 68.1 Å². The van der Waals surface area contributed by atoms with E-state index in [1.54, 1.807) is 18.2 Å². The van der Waals surface area contributed by atoms with Gasteiger partial charge in [-0.05, 0) is 18.2 Å². The summed E-state index contributed by atoms with van der Waals surface area (Å²) in [5.41, 5.74) is 1.37. The maximum atomic E-state index is 9.71. The van der Waals surface area contributed by atoms with E-state index in [1.807, 2.05) is 0 Å². The number of nitrogens with one attached hydrogen (secondary N) is 2. The van der Waals surface area contributed by atoms with Gasteiger partial charge in [0.05, 0.1) is 11.6 Å². The molecule has 0 unspecified atom stereocenters. The van der Waals surface area contributed by atoms with Crippen molar-refractivity contribution < 1.29 is 5.11 Å². The predicted octanol–water partition coefficient (Wildman–Crippen LogP) is 0.498. The van der Waals surface area contributed by atoms with Gasteiger partial charge in [0.15, 0.2) is 0 Å². The summed E-state index contributed by atoms with van der Waals surface area (Å²) in [4.78, 5) is 0. The van der Waals surface area contributed by atoms with Gasteiger partial charge in [-0.3, -0.25) is 0 Å². The molecule has 0 aromatic heterocycles. The summed E-state index contributed by atoms with van der Waals surface area (Å²) in [5.74, 6) is 0.246. The predicted molar refractivity (Wildman–Crippen MR) is 56.4 cm³/mol. The Morgan fingerprint density at radius 3 is 2.93 bits per heavy atom. The minimum absolute atomic E-state index is 0.0899. The average Bonchev–Trinajstić information content (AvgIpc) is 2.31. The van der Waals surface area contributed by atoms with Gasteiger partial charge in [-0.1, -0.05) is 0 Å². The molecule has 0 amide bonds. The van der Waals surface area contributed by atoms with Crippen LogP contribution in [0.15, 0.2) is 18.2 Å². The highest BCUT2D eigenvalue weighted by Gasteiger charge is 2.17. The minimum Gasteiger partial charge on any atom is -0.508 e. The number of nitriles is 1. The molecular weight excluding hydrogens is 190 g/mol. The molecule has 1 aromatic carbocycles. The van der Waals surface area contributed by atoms with E-state index in [-0.39, 0.29) is 11.8 Å². The molecule has 2 rings (SSSR count). The number of phenolic OH excluding ortho intramolecular Hbond substituents is 1. The average molecular weight is 203 g/mol. The Morgan fingerprint density at radius 2 is 2.27 bits per heavy atom. The van der Waals surface area contributed by atoms with Crippen LogP contribution in [0.3, 0.4) is 0 Å². The molecule has 1 aliphatic heterocycles. The van der Waals surface area contributed by atoms with Crippen molar-refractivity contribution in [2.45, 2.75) is 6.04 Å². The molecule has 4 heteroatoms. The van der Waals surface area contributed by atoms with Crippen LogP contribution in [0.5, 0.6) is 5.75 Å². The van der Waals surface area contributed by atoms with Gasteiger partial charge in [-0.2, -0.15) is 5.26 Å². The van der Waals surface area contributed by atoms with Gasteiger partial charge in [-0.25, -0.2) is 0 Å². The van der Waals surface area contributed by atoms with Gasteiger partial charge in [0.25, 0.3) is 0 Å². The van der Waals surface area contributed by atoms with Crippen molar-refractivity contribution in [1.29, 1.82) is 5.26 Å². The fraction of sp³-hybridized carbons (Fsp3) is 0.364. The first kappa shape index (κ1) is 9.97. The lowest BCUT2D eigenvalue weighted by molar-refractivity contribution is 0.404. The molecule has 1 fully saturated rings. The first-order valence-corrected chi connectivity index (χ1v) is 4.98. The van der Waals surface area contributed by atoms with E-state index < -0.39 is 0 Å². The van der Waals surface area contributed by atoms with E-state index in [4.69, 9.17) is 5.26 Å². The molecule has 0 saturated carbocycles. The van der Waals surface area contributed by atoms with Crippen LogP contribution in [0.1, 0.15) is 17.2 Å². The highest BCUT2D eigenvalue weighted by atomic mass is 16.3. The zero-order valence-electron chi connectivity index (χ0n) is 8.33. The highest BCUT2D eigenvalue weighted by molar-refractivity contribution is 5.43. The summed E-state index contributed by atoms with van der Waals surface area (Å²) in [6, 6.07) is 7.09. The third-order valence-corrected chi connectivity index (χ3v) is 2.57. The largest absolute Gasteiger partial charge is 0.508 e. The van der Waals surface area contributed by atoms with Gasteiger partial charge in [0.1, 0.15) is 5.75 Å². The maximum Gasteiger partial charge on any atom is 0.120 e. The van der Waals surface area contributed by atoms with Crippen molar-refractivity contribution in [3.8, 4) is 11.8 Å². The number of aromatic hydroxyl groups is 1. The molecule has 0 radical (unpaired) electrons. The van der Waals surface area contributed by atoms with Gasteiger partial charge in [0.2, 0.25) is 0 Å². The molecule has 1 atom stereocenters. The first-order chi connectivity index (χ1) is 7.31. The second-order valence-corrected chi connectivity index (χ2v) is 3.60. The molecule has 1 saturated heterocycles. The lowest BCUT2D eigenvalue weighted by Gasteiger charge is -2.25. The van der Waals surface area contributed by atoms with Crippen molar-refractivity contribution in [2.75, 3.05) is 19.6 Å². The number of hydrogen-bond acceptors (Lipinski definition) is 4. The maximum absolute atomic E-state index is 9.71. The molecule has 1 aliphatic rings. The summed E-state index contributed by atoms with van der Waals surface area (Å²) in [6.45, 7) is 2.60. The number of nitrogens with zero attached hydrogens (tertiary/aromatic N) is 1. The Balaban J connectivity index is 2.29. The summed E-state index contributed by atoms with van der Waals surface area (Å²) in [7, 11) is 0. The molecule has 1 heterocycles. The van der Waals surface area contributed by atoms with Crippen LogP contribution in [-0.2, 0) is 0 Å². The number of phenols is 1. The van der Waals surface area contributed by atoms with E-state index in [9.17, 15) is 5.11 Å². The smallest absolute Gasteiger partial charge is 0.120 e. The van der Waals surface area contributed by atoms with E-state index >= 15 is 0 Å². The molecule has 15 heavy (non-hydrogen) atoms. The van der Waals surface area contributed by atoms with Crippen LogP contribution in [0.25, 0.3) is 0 Å². The molecule has 78 valence electrons. The lowest BCUT2D eigenvalue weighted by Crippen LogP contribution is -2.42. The number of hydrogen-bond donors (Lipinski definition) is 3. The van der Waals surface area contributed by atoms with Crippen LogP contribution in [0, 0.1) is 11.3 Å². The summed E-state index contributed by atoms with van der Waals surface area (Å²) >= 11 is 0. The lowest BCUT2D eigenvalue weighted by atomic mass is 10.0. The number of benzene rings is 1. The van der Waals surface area contributed by atoms with Crippen LogP contribution in [0.2, 0.25) is 0 Å². The highest BCUT2D eigenvalue weighted by Crippen LogP contribution is 2.25. The second-order valence-electron chi connectivity index (χ2n) is 3.60. The third kappa shape index (κ3) is 2.09. The normalized spacial score (nSPS) is 20.9. The summed E-state index contributed by atoms with van der Waals surface area (Å²) < 4.78 is 0. The monoisotopic (exact) mass is 203 g/mol. The minimum atomic E-state index is 0.0899. The van der Waals surface area contributed by atoms with Crippen LogP contribution in [-0.4, -0.2) is 24.7 Å². The Hall–Kier alpha value is -1.57. The van der Waals surface area contributed by atoms with Crippen molar-refractivity contribution in [2.24, 2.45) is 0 Å². The molecular formula is C11H13N3O. The third-order valence-electron chi connectivity index (χ3n) is 2.57. The molecule has 0 aliphatic carbocycles. The molecule has 4 nitrogen and oxygen atoms in total. The Morgan fingerprint density at radius 1 is 1.40 bits per heavy atom. The van der Waals surface area contributed by atoms with E-state index in [1.165, 1.54) is 0 Å². The van der Waals surface area contributed by atoms with Crippen LogP contribution >= 0.6 is 0 Å². The van der Waals surface area contributed by atoms with E-state index in [2.05, 4.69) is 16.7 Å². The number of piperazine rings is 1. The van der Waals surface area contributed by atoms with Gasteiger partial charge in [0, 0.05) is 31.2 Å². The van der Waals surface area contributed by atoms with Gasteiger partial charge < -0.3 is 15.7 Å². The quantitative estimate of drug-likeness (QED) is 0.621. The zero-order valence-corrected chi connectivity index (χ0v) is 8.33. The second kappa shape index (κ2) is 4.30. The van der Waals surface area contributed by atoms with Crippen molar-refractivity contribution in [3.05, 3.63) is 29.3 Å². The van der Waals surface area contributed by atoms with Gasteiger partial charge in [-0.15, -0.1) is 0 Å². The Bertz CT molecular complexity index is 391. The zero-order chi connectivity index (χ0) is 10.7. The Labute approximate surface area is 88.5 Å². The molecule has 3 N–H and O–H groups in total. The van der Waals surface area contributed by atoms with Crippen LogP contribution in [0.4, 0.5) is 0 Å². The summed E-state index contributed by atoms with van der Waals surface area (Å²) in [6.07, 6.45) is 0. The van der Waals surface area contributed by atoms with Crippen molar-refractivity contribution in [3.63, 3.8) is 0 Å². The number of rotatable bonds is 1. The van der Waals surface area contributed by atoms with E-state index in [0.29, 0.717) is 5.56 Å². The van der Waals surface area contributed by atoms with E-state index in [0.717, 1.165) is 25.2 Å². The van der Waals surface area contributed by atoms with Gasteiger partial charge >= 0.3 is 0 Å².